The fourth-order valence-corrected chi connectivity index (χ4v) is 5.38. The molecule has 0 unspecified atom stereocenters. The highest BCUT2D eigenvalue weighted by Gasteiger charge is 2.20. The van der Waals surface area contributed by atoms with Crippen molar-refractivity contribution >= 4 is 21.4 Å². The molecule has 0 atom stereocenters. The van der Waals surface area contributed by atoms with Gasteiger partial charge in [-0.15, -0.1) is 0 Å². The summed E-state index contributed by atoms with van der Waals surface area (Å²) in [6, 6.07) is 17.7. The third-order valence-corrected chi connectivity index (χ3v) is 7.44. The Hall–Kier alpha value is -3.74. The molecule has 0 spiro atoms. The molecule has 0 radical (unpaired) electrons. The van der Waals surface area contributed by atoms with Crippen molar-refractivity contribution in [2.75, 3.05) is 44.4 Å². The fraction of sp³-hybridized carbons (Fsp3) is 0.345. The number of hydrogen-bond acceptors (Lipinski definition) is 7. The Morgan fingerprint density at radius 2 is 1.89 bits per heavy atom. The number of sulfone groups is 1. The number of likely N-dealkylation sites (tertiary alicyclic amines) is 1. The van der Waals surface area contributed by atoms with Gasteiger partial charge in [0.1, 0.15) is 12.4 Å². The Morgan fingerprint density at radius 1 is 1.11 bits per heavy atom. The number of anilines is 1. The molecule has 4 rings (SSSR count). The van der Waals surface area contributed by atoms with Crippen molar-refractivity contribution in [1.82, 2.24) is 9.88 Å². The van der Waals surface area contributed by atoms with Crippen LogP contribution in [0.5, 0.6) is 5.75 Å². The van der Waals surface area contributed by atoms with Gasteiger partial charge in [0.25, 0.3) is 5.91 Å². The van der Waals surface area contributed by atoms with Crippen molar-refractivity contribution in [3.8, 4) is 23.1 Å². The number of amides is 1. The summed E-state index contributed by atoms with van der Waals surface area (Å²) in [6.07, 6.45) is 6.43. The van der Waals surface area contributed by atoms with Crippen molar-refractivity contribution in [3.05, 3.63) is 77.5 Å². The number of ether oxygens (including phenoxy) is 1. The smallest absolute Gasteiger partial charge is 0.258 e. The Labute approximate surface area is 224 Å². The maximum atomic E-state index is 13.5. The van der Waals surface area contributed by atoms with Gasteiger partial charge in [0.05, 0.1) is 23.1 Å². The Bertz CT molecular complexity index is 1430. The summed E-state index contributed by atoms with van der Waals surface area (Å²) >= 11 is 0. The summed E-state index contributed by atoms with van der Waals surface area (Å²) in [5, 5.41) is 9.57. The number of nitrogens with zero attached hydrogens (tertiary/aromatic N) is 4. The summed E-state index contributed by atoms with van der Waals surface area (Å²) in [5.74, 6) is -0.0477. The van der Waals surface area contributed by atoms with Gasteiger partial charge in [0, 0.05) is 48.4 Å². The van der Waals surface area contributed by atoms with Gasteiger partial charge in [-0.05, 0) is 68.4 Å². The lowest BCUT2D eigenvalue weighted by atomic mass is 10.0. The van der Waals surface area contributed by atoms with Crippen LogP contribution in [0.15, 0.2) is 60.8 Å². The van der Waals surface area contributed by atoms with Crippen molar-refractivity contribution in [2.24, 2.45) is 0 Å². The van der Waals surface area contributed by atoms with E-state index in [9.17, 15) is 18.5 Å². The third-order valence-electron chi connectivity index (χ3n) is 6.60. The van der Waals surface area contributed by atoms with E-state index in [1.807, 2.05) is 12.1 Å². The molecule has 0 N–H and O–H groups in total. The molecule has 9 heteroatoms. The van der Waals surface area contributed by atoms with Crippen LogP contribution in [0.2, 0.25) is 0 Å². The molecule has 1 aromatic heterocycles. The summed E-state index contributed by atoms with van der Waals surface area (Å²) in [7, 11) is -1.63. The minimum Gasteiger partial charge on any atom is -0.492 e. The number of hydrogen-bond donors (Lipinski definition) is 0. The van der Waals surface area contributed by atoms with Crippen LogP contribution in [0.25, 0.3) is 11.3 Å². The highest BCUT2D eigenvalue weighted by atomic mass is 32.2. The first-order valence-corrected chi connectivity index (χ1v) is 14.7. The van der Waals surface area contributed by atoms with Crippen LogP contribution in [0.4, 0.5) is 5.69 Å². The molecule has 1 aliphatic heterocycles. The Balaban J connectivity index is 1.58. The van der Waals surface area contributed by atoms with Gasteiger partial charge >= 0.3 is 0 Å². The van der Waals surface area contributed by atoms with E-state index in [2.05, 4.69) is 16.0 Å². The lowest BCUT2D eigenvalue weighted by Gasteiger charge is -2.26. The second-order valence-electron chi connectivity index (χ2n) is 9.56. The SMILES string of the molecule is CN(C(=O)c1ccc(CS(C)(=O)=O)c(OCCN2CCCCC2)c1)c1ccc(C#N)c(-c2ccccn2)c1. The maximum Gasteiger partial charge on any atom is 0.258 e. The molecule has 0 aliphatic carbocycles. The van der Waals surface area contributed by atoms with Gasteiger partial charge in [-0.25, -0.2) is 8.42 Å². The molecule has 2 aromatic carbocycles. The minimum absolute atomic E-state index is 0.167. The van der Waals surface area contributed by atoms with E-state index in [0.29, 0.717) is 46.0 Å². The van der Waals surface area contributed by atoms with E-state index in [1.54, 1.807) is 55.7 Å². The van der Waals surface area contributed by atoms with Gasteiger partial charge in [-0.3, -0.25) is 14.7 Å². The number of rotatable bonds is 9. The molecule has 8 nitrogen and oxygen atoms in total. The highest BCUT2D eigenvalue weighted by molar-refractivity contribution is 7.89. The first-order valence-electron chi connectivity index (χ1n) is 12.6. The average molecular weight is 533 g/mol. The van der Waals surface area contributed by atoms with Gasteiger partial charge in [-0.2, -0.15) is 5.26 Å². The maximum absolute atomic E-state index is 13.5. The molecule has 2 heterocycles. The second-order valence-corrected chi connectivity index (χ2v) is 11.7. The van der Waals surface area contributed by atoms with Crippen LogP contribution in [0.1, 0.15) is 40.7 Å². The quantitative estimate of drug-likeness (QED) is 0.405. The monoisotopic (exact) mass is 532 g/mol. The zero-order chi connectivity index (χ0) is 27.1. The molecule has 38 heavy (non-hydrogen) atoms. The number of carbonyl (C=O) groups excluding carboxylic acids is 1. The van der Waals surface area contributed by atoms with E-state index in [4.69, 9.17) is 4.74 Å². The van der Waals surface area contributed by atoms with Crippen LogP contribution in [-0.4, -0.2) is 63.8 Å². The minimum atomic E-state index is -3.29. The van der Waals surface area contributed by atoms with E-state index >= 15 is 0 Å². The summed E-state index contributed by atoms with van der Waals surface area (Å²) in [4.78, 5) is 21.7. The molecule has 1 aliphatic rings. The largest absolute Gasteiger partial charge is 0.492 e. The summed E-state index contributed by atoms with van der Waals surface area (Å²) in [5.41, 5.74) is 3.24. The van der Waals surface area contributed by atoms with Crippen molar-refractivity contribution in [3.63, 3.8) is 0 Å². The van der Waals surface area contributed by atoms with Crippen molar-refractivity contribution < 1.29 is 17.9 Å². The van der Waals surface area contributed by atoms with E-state index in [0.717, 1.165) is 19.6 Å². The second kappa shape index (κ2) is 12.2. The van der Waals surface area contributed by atoms with Crippen LogP contribution in [0, 0.1) is 11.3 Å². The Kier molecular flexibility index (Phi) is 8.77. The van der Waals surface area contributed by atoms with E-state index in [-0.39, 0.29) is 11.7 Å². The number of nitriles is 1. The molecule has 3 aromatic rings. The topological polar surface area (TPSA) is 104 Å². The molecular formula is C29H32N4O4S. The third kappa shape index (κ3) is 6.97. The normalized spacial score (nSPS) is 14.0. The zero-order valence-electron chi connectivity index (χ0n) is 21.8. The van der Waals surface area contributed by atoms with Crippen LogP contribution in [0.3, 0.4) is 0 Å². The predicted octanol–water partition coefficient (Wildman–Crippen LogP) is 4.31. The standard InChI is InChI=1S/C29H32N4O4S/c1-32(25-12-11-23(20-30)26(19-25)27-8-4-5-13-31-27)29(34)22-9-10-24(21-38(2,35)36)28(18-22)37-17-16-33-14-6-3-7-15-33/h4-5,8-13,18-19H,3,6-7,14-17,21H2,1-2H3. The van der Waals surface area contributed by atoms with Gasteiger partial charge in [0.2, 0.25) is 0 Å². The first kappa shape index (κ1) is 27.3. The van der Waals surface area contributed by atoms with Crippen molar-refractivity contribution in [1.29, 1.82) is 5.26 Å². The van der Waals surface area contributed by atoms with Crippen LogP contribution >= 0.6 is 0 Å². The van der Waals surface area contributed by atoms with Crippen LogP contribution in [-0.2, 0) is 15.6 Å². The zero-order valence-corrected chi connectivity index (χ0v) is 22.6. The van der Waals surface area contributed by atoms with Gasteiger partial charge in [-0.1, -0.05) is 18.6 Å². The predicted molar refractivity (Wildman–Crippen MR) is 148 cm³/mol. The van der Waals surface area contributed by atoms with E-state index in [1.165, 1.54) is 30.4 Å². The van der Waals surface area contributed by atoms with Gasteiger partial charge in [0.15, 0.2) is 9.84 Å². The highest BCUT2D eigenvalue weighted by Crippen LogP contribution is 2.29. The number of piperidine rings is 1. The molecule has 198 valence electrons. The van der Waals surface area contributed by atoms with Gasteiger partial charge < -0.3 is 9.64 Å². The number of carbonyl (C=O) groups is 1. The van der Waals surface area contributed by atoms with Crippen LogP contribution < -0.4 is 9.64 Å². The number of benzene rings is 2. The molecule has 1 saturated heterocycles. The molecule has 0 bridgehead atoms. The lowest BCUT2D eigenvalue weighted by Crippen LogP contribution is -2.33. The summed E-state index contributed by atoms with van der Waals surface area (Å²) in [6.45, 7) is 3.23. The molecule has 1 amide bonds. The molecule has 1 fully saturated rings. The Morgan fingerprint density at radius 3 is 2.58 bits per heavy atom. The van der Waals surface area contributed by atoms with Crippen molar-refractivity contribution in [2.45, 2.75) is 25.0 Å². The molecular weight excluding hydrogens is 500 g/mol. The molecule has 0 saturated carbocycles. The van der Waals surface area contributed by atoms with E-state index < -0.39 is 9.84 Å². The first-order chi connectivity index (χ1) is 18.2. The number of pyridine rings is 1. The lowest BCUT2D eigenvalue weighted by molar-refractivity contribution is 0.0992. The summed E-state index contributed by atoms with van der Waals surface area (Å²) < 4.78 is 30.1. The average Bonchev–Trinajstić information content (AvgIpc) is 2.93. The fourth-order valence-electron chi connectivity index (χ4n) is 4.57. The number of aromatic nitrogens is 1.